The van der Waals surface area contributed by atoms with E-state index >= 15 is 0 Å². The van der Waals surface area contributed by atoms with E-state index in [4.69, 9.17) is 27.9 Å². The Balaban J connectivity index is 2.78. The third-order valence-corrected chi connectivity index (χ3v) is 3.50. The summed E-state index contributed by atoms with van der Waals surface area (Å²) in [7, 11) is -3.99. The van der Waals surface area contributed by atoms with Crippen molar-refractivity contribution in [3.8, 4) is 0 Å². The van der Waals surface area contributed by atoms with E-state index in [0.717, 1.165) is 0 Å². The lowest BCUT2D eigenvalue weighted by Crippen LogP contribution is -2.44. The highest BCUT2D eigenvalue weighted by Gasteiger charge is 2.20. The Morgan fingerprint density at radius 2 is 1.65 bits per heavy atom. The normalized spacial score (nSPS) is 12.1. The fraction of sp³-hybridized carbons (Fsp3) is 0.364. The molecule has 0 radical (unpaired) electrons. The Labute approximate surface area is 127 Å². The van der Waals surface area contributed by atoms with Crippen molar-refractivity contribution in [3.05, 3.63) is 28.2 Å². The van der Waals surface area contributed by atoms with Gasteiger partial charge < -0.3 is 4.74 Å². The van der Waals surface area contributed by atoms with Gasteiger partial charge in [0.2, 0.25) is 0 Å². The van der Waals surface area contributed by atoms with Crippen molar-refractivity contribution in [2.24, 2.45) is 0 Å². The number of ether oxygens (including phenoxy) is 1. The number of amides is 1. The molecule has 1 aromatic carbocycles. The zero-order valence-corrected chi connectivity index (χ0v) is 13.4. The van der Waals surface area contributed by atoms with E-state index in [9.17, 15) is 13.2 Å². The molecule has 0 heterocycles. The number of carbonyl (C=O) groups is 1. The molecule has 112 valence electrons. The average Bonchev–Trinajstić information content (AvgIpc) is 2.23. The number of hydrogen-bond donors (Lipinski definition) is 2. The van der Waals surface area contributed by atoms with Crippen LogP contribution in [0.3, 0.4) is 0 Å². The molecule has 1 amide bonds. The Bertz CT molecular complexity index is 591. The lowest BCUT2D eigenvalue weighted by Gasteiger charge is -2.19. The highest BCUT2D eigenvalue weighted by atomic mass is 35.5. The fourth-order valence-electron chi connectivity index (χ4n) is 1.16. The summed E-state index contributed by atoms with van der Waals surface area (Å²) in [6.45, 7) is 4.95. The van der Waals surface area contributed by atoms with Crippen molar-refractivity contribution in [2.75, 3.05) is 0 Å². The van der Waals surface area contributed by atoms with Crippen molar-refractivity contribution in [2.45, 2.75) is 31.3 Å². The van der Waals surface area contributed by atoms with E-state index in [0.29, 0.717) is 0 Å². The third-order valence-electron chi connectivity index (χ3n) is 1.83. The molecule has 0 unspecified atom stereocenters. The number of hydrogen-bond acceptors (Lipinski definition) is 4. The standard InChI is InChI=1S/C11H14Cl2N2O4S/c1-11(2,3)19-10(16)14-15-20(17,18)9-5-7(12)4-8(13)6-9/h4-6,15H,1-3H3,(H,14,16). The Kier molecular flexibility index (Phi) is 5.26. The molecule has 1 aromatic rings. The highest BCUT2D eigenvalue weighted by Crippen LogP contribution is 2.21. The van der Waals surface area contributed by atoms with E-state index in [-0.39, 0.29) is 14.9 Å². The van der Waals surface area contributed by atoms with E-state index in [1.54, 1.807) is 20.8 Å². The molecule has 0 bridgehead atoms. The fourth-order valence-corrected chi connectivity index (χ4v) is 2.71. The number of benzene rings is 1. The third kappa shape index (κ3) is 5.54. The van der Waals surface area contributed by atoms with Gasteiger partial charge in [-0.3, -0.25) is 0 Å². The molecule has 0 aliphatic rings. The van der Waals surface area contributed by atoms with Crippen molar-refractivity contribution in [1.29, 1.82) is 0 Å². The van der Waals surface area contributed by atoms with Gasteiger partial charge in [0.05, 0.1) is 4.90 Å². The summed E-state index contributed by atoms with van der Waals surface area (Å²) in [6.07, 6.45) is -0.922. The second-order valence-corrected chi connectivity index (χ2v) is 7.39. The van der Waals surface area contributed by atoms with Crippen LogP contribution in [0.1, 0.15) is 20.8 Å². The second kappa shape index (κ2) is 6.17. The summed E-state index contributed by atoms with van der Waals surface area (Å²) in [4.78, 5) is 13.1. The van der Waals surface area contributed by atoms with Crippen LogP contribution in [-0.4, -0.2) is 20.1 Å². The SMILES string of the molecule is CC(C)(C)OC(=O)NNS(=O)(=O)c1cc(Cl)cc(Cl)c1. The molecule has 0 aromatic heterocycles. The van der Waals surface area contributed by atoms with E-state index in [1.807, 2.05) is 10.3 Å². The molecule has 0 atom stereocenters. The van der Waals surface area contributed by atoms with E-state index < -0.39 is 21.7 Å². The topological polar surface area (TPSA) is 84.5 Å². The van der Waals surface area contributed by atoms with Gasteiger partial charge >= 0.3 is 6.09 Å². The quantitative estimate of drug-likeness (QED) is 0.828. The first-order valence-corrected chi connectivity index (χ1v) is 7.70. The van der Waals surface area contributed by atoms with Crippen LogP contribution in [0.15, 0.2) is 23.1 Å². The highest BCUT2D eigenvalue weighted by molar-refractivity contribution is 7.89. The molecular weight excluding hydrogens is 327 g/mol. The predicted octanol–water partition coefficient (Wildman–Crippen LogP) is 2.71. The van der Waals surface area contributed by atoms with Gasteiger partial charge in [-0.15, -0.1) is 4.83 Å². The molecule has 20 heavy (non-hydrogen) atoms. The molecule has 0 saturated heterocycles. The number of carbonyl (C=O) groups excluding carboxylic acids is 1. The largest absolute Gasteiger partial charge is 0.443 e. The molecule has 0 aliphatic heterocycles. The van der Waals surface area contributed by atoms with Gasteiger partial charge in [0.25, 0.3) is 10.0 Å². The average molecular weight is 341 g/mol. The Morgan fingerprint density at radius 3 is 2.10 bits per heavy atom. The van der Waals surface area contributed by atoms with Crippen LogP contribution < -0.4 is 10.3 Å². The van der Waals surface area contributed by atoms with Crippen LogP contribution in [0, 0.1) is 0 Å². The van der Waals surface area contributed by atoms with E-state index in [1.165, 1.54) is 18.2 Å². The maximum Gasteiger partial charge on any atom is 0.423 e. The first-order valence-electron chi connectivity index (χ1n) is 5.46. The number of sulfonamides is 1. The maximum absolute atomic E-state index is 11.9. The summed E-state index contributed by atoms with van der Waals surface area (Å²) < 4.78 is 28.7. The lowest BCUT2D eigenvalue weighted by atomic mass is 10.2. The molecular formula is C11H14Cl2N2O4S. The van der Waals surface area contributed by atoms with Crippen molar-refractivity contribution in [1.82, 2.24) is 10.3 Å². The first-order chi connectivity index (χ1) is 8.99. The molecule has 1 rings (SSSR count). The molecule has 0 spiro atoms. The van der Waals surface area contributed by atoms with Crippen LogP contribution in [0.25, 0.3) is 0 Å². The van der Waals surface area contributed by atoms with Gasteiger partial charge in [-0.2, -0.15) is 0 Å². The van der Waals surface area contributed by atoms with Gasteiger partial charge in [-0.25, -0.2) is 18.6 Å². The molecule has 0 aliphatic carbocycles. The van der Waals surface area contributed by atoms with Gasteiger partial charge in [-0.05, 0) is 39.0 Å². The van der Waals surface area contributed by atoms with Crippen molar-refractivity contribution < 1.29 is 17.9 Å². The molecule has 9 heteroatoms. The summed E-state index contributed by atoms with van der Waals surface area (Å²) >= 11 is 11.4. The summed E-state index contributed by atoms with van der Waals surface area (Å²) in [5, 5.41) is 0.324. The van der Waals surface area contributed by atoms with Crippen molar-refractivity contribution in [3.63, 3.8) is 0 Å². The Morgan fingerprint density at radius 1 is 1.15 bits per heavy atom. The van der Waals surface area contributed by atoms with Crippen molar-refractivity contribution >= 4 is 39.3 Å². The second-order valence-electron chi connectivity index (χ2n) is 4.84. The lowest BCUT2D eigenvalue weighted by molar-refractivity contribution is 0.0515. The number of hydrazine groups is 1. The first kappa shape index (κ1) is 17.0. The van der Waals surface area contributed by atoms with Gasteiger partial charge in [0.1, 0.15) is 5.60 Å². The number of halogens is 2. The molecule has 2 N–H and O–H groups in total. The van der Waals surface area contributed by atoms with Crippen LogP contribution in [-0.2, 0) is 14.8 Å². The van der Waals surface area contributed by atoms with Crippen LogP contribution in [0.5, 0.6) is 0 Å². The predicted molar refractivity (Wildman–Crippen MR) is 76.2 cm³/mol. The molecule has 0 saturated carbocycles. The summed E-state index contributed by atoms with van der Waals surface area (Å²) in [5.41, 5.74) is 1.19. The van der Waals surface area contributed by atoms with Gasteiger partial charge in [-0.1, -0.05) is 23.2 Å². The van der Waals surface area contributed by atoms with Gasteiger partial charge in [0, 0.05) is 10.0 Å². The van der Waals surface area contributed by atoms with Crippen LogP contribution in [0.2, 0.25) is 10.0 Å². The Hall–Kier alpha value is -1.02. The molecule has 0 fully saturated rings. The zero-order valence-electron chi connectivity index (χ0n) is 11.0. The number of rotatable bonds is 3. The molecule has 6 nitrogen and oxygen atoms in total. The van der Waals surface area contributed by atoms with Crippen LogP contribution in [0.4, 0.5) is 4.79 Å². The zero-order chi connectivity index (χ0) is 15.6. The summed E-state index contributed by atoms with van der Waals surface area (Å²) in [6, 6.07) is 3.79. The monoisotopic (exact) mass is 340 g/mol. The number of nitrogens with one attached hydrogen (secondary N) is 2. The smallest absolute Gasteiger partial charge is 0.423 e. The summed E-state index contributed by atoms with van der Waals surface area (Å²) in [5.74, 6) is 0. The minimum Gasteiger partial charge on any atom is -0.443 e. The van der Waals surface area contributed by atoms with Crippen LogP contribution >= 0.6 is 23.2 Å². The van der Waals surface area contributed by atoms with Gasteiger partial charge in [0.15, 0.2) is 0 Å². The minimum absolute atomic E-state index is 0.162. The maximum atomic E-state index is 11.9. The van der Waals surface area contributed by atoms with E-state index in [2.05, 4.69) is 0 Å². The minimum atomic E-state index is -3.99.